The molecule has 0 atom stereocenters. The molecule has 0 aliphatic carbocycles. The van der Waals surface area contributed by atoms with E-state index in [0.717, 1.165) is 25.0 Å². The van der Waals surface area contributed by atoms with Gasteiger partial charge in [0, 0.05) is 44.0 Å². The van der Waals surface area contributed by atoms with Gasteiger partial charge in [0.25, 0.3) is 5.91 Å². The lowest BCUT2D eigenvalue weighted by molar-refractivity contribution is 0.0573. The largest absolute Gasteiger partial charge is 0.460 e. The van der Waals surface area contributed by atoms with Gasteiger partial charge in [0.05, 0.1) is 0 Å². The van der Waals surface area contributed by atoms with E-state index in [4.69, 9.17) is 4.74 Å². The molecule has 1 saturated heterocycles. The Morgan fingerprint density at radius 1 is 1.33 bits per heavy atom. The van der Waals surface area contributed by atoms with Gasteiger partial charge in [0.15, 0.2) is 0 Å². The smallest absolute Gasteiger partial charge is 0.316 e. The first-order valence-electron chi connectivity index (χ1n) is 8.39. The number of carbonyl (C=O) groups excluding carboxylic acids is 1. The highest BCUT2D eigenvalue weighted by Crippen LogP contribution is 2.17. The highest BCUT2D eigenvalue weighted by Gasteiger charge is 2.26. The molecule has 0 aromatic carbocycles. The number of nitrogens with one attached hydrogen (secondary N) is 1. The van der Waals surface area contributed by atoms with Crippen LogP contribution in [0, 0.1) is 5.92 Å². The Kier molecular flexibility index (Phi) is 5.08. The van der Waals surface area contributed by atoms with Crippen molar-refractivity contribution in [3.05, 3.63) is 35.9 Å². The third-order valence-electron chi connectivity index (χ3n) is 4.02. The summed E-state index contributed by atoms with van der Waals surface area (Å²) in [6.45, 7) is 5.60. The molecule has 1 amide bonds. The van der Waals surface area contributed by atoms with E-state index in [2.05, 4.69) is 34.0 Å². The summed E-state index contributed by atoms with van der Waals surface area (Å²) in [5.74, 6) is 0.511. The molecule has 7 nitrogen and oxygen atoms in total. The maximum Gasteiger partial charge on any atom is 0.316 e. The second-order valence-electron chi connectivity index (χ2n) is 6.52. The lowest BCUT2D eigenvalue weighted by atomic mass is 10.1. The molecule has 1 N–H and O–H groups in total. The normalized spacial score (nSPS) is 15.7. The molecule has 0 bridgehead atoms. The minimum Gasteiger partial charge on any atom is -0.460 e. The summed E-state index contributed by atoms with van der Waals surface area (Å²) in [5, 5.41) is 7.12. The van der Waals surface area contributed by atoms with Crippen LogP contribution in [-0.4, -0.2) is 50.2 Å². The van der Waals surface area contributed by atoms with E-state index >= 15 is 0 Å². The number of amides is 1. The summed E-state index contributed by atoms with van der Waals surface area (Å²) in [4.78, 5) is 22.5. The van der Waals surface area contributed by atoms with Crippen LogP contribution in [0.2, 0.25) is 0 Å². The second kappa shape index (κ2) is 7.42. The number of aromatic nitrogens is 4. The number of carbonyl (C=O) groups is 1. The Hall–Kier alpha value is -2.44. The number of nitrogens with zero attached hydrogens (tertiary/aromatic N) is 4. The number of hydrogen-bond donors (Lipinski definition) is 1. The lowest BCUT2D eigenvalue weighted by Gasteiger charge is -2.31. The molecular weight excluding hydrogens is 306 g/mol. The third-order valence-corrected chi connectivity index (χ3v) is 4.02. The zero-order valence-corrected chi connectivity index (χ0v) is 14.1. The quantitative estimate of drug-likeness (QED) is 0.908. The highest BCUT2D eigenvalue weighted by molar-refractivity contribution is 5.92. The van der Waals surface area contributed by atoms with Gasteiger partial charge in [-0.3, -0.25) is 9.89 Å². The highest BCUT2D eigenvalue weighted by atomic mass is 16.5. The summed E-state index contributed by atoms with van der Waals surface area (Å²) in [5.41, 5.74) is 1.50. The van der Waals surface area contributed by atoms with Crippen molar-refractivity contribution in [3.8, 4) is 6.01 Å². The lowest BCUT2D eigenvalue weighted by Crippen LogP contribution is -2.42. The van der Waals surface area contributed by atoms with Crippen molar-refractivity contribution in [3.63, 3.8) is 0 Å². The molecule has 24 heavy (non-hydrogen) atoms. The fraction of sp³-hybridized carbons (Fsp3) is 0.529. The molecule has 1 fully saturated rings. The average molecular weight is 329 g/mol. The first-order chi connectivity index (χ1) is 11.6. The maximum absolute atomic E-state index is 12.5. The van der Waals surface area contributed by atoms with Crippen molar-refractivity contribution in [1.82, 2.24) is 25.1 Å². The summed E-state index contributed by atoms with van der Waals surface area (Å²) in [7, 11) is 0. The standard InChI is InChI=1S/C17H23N5O2/c1-12(2)10-13-11-15(21-20-13)16(23)22-8-4-14(5-9-22)24-17-18-6-3-7-19-17/h3,6-7,11-12,14H,4-5,8-10H2,1-2H3,(H,20,21). The van der Waals surface area contributed by atoms with Crippen molar-refractivity contribution >= 4 is 5.91 Å². The van der Waals surface area contributed by atoms with Gasteiger partial charge >= 0.3 is 6.01 Å². The number of hydrogen-bond acceptors (Lipinski definition) is 5. The van der Waals surface area contributed by atoms with Crippen molar-refractivity contribution < 1.29 is 9.53 Å². The van der Waals surface area contributed by atoms with Crippen LogP contribution >= 0.6 is 0 Å². The number of aromatic amines is 1. The SMILES string of the molecule is CC(C)Cc1cc(C(=O)N2CCC(Oc3ncccn3)CC2)n[nH]1. The topological polar surface area (TPSA) is 84.0 Å². The second-order valence-corrected chi connectivity index (χ2v) is 6.52. The van der Waals surface area contributed by atoms with Crippen LogP contribution in [0.4, 0.5) is 0 Å². The molecule has 1 aliphatic heterocycles. The van der Waals surface area contributed by atoms with Crippen molar-refractivity contribution in [1.29, 1.82) is 0 Å². The van der Waals surface area contributed by atoms with E-state index in [0.29, 0.717) is 30.7 Å². The Morgan fingerprint density at radius 2 is 2.04 bits per heavy atom. The first-order valence-corrected chi connectivity index (χ1v) is 8.39. The predicted molar refractivity (Wildman–Crippen MR) is 88.7 cm³/mol. The van der Waals surface area contributed by atoms with Crippen LogP contribution in [-0.2, 0) is 6.42 Å². The van der Waals surface area contributed by atoms with Gasteiger partial charge < -0.3 is 9.64 Å². The molecule has 2 aromatic rings. The number of ether oxygens (including phenoxy) is 1. The molecule has 128 valence electrons. The van der Waals surface area contributed by atoms with Crippen LogP contribution in [0.3, 0.4) is 0 Å². The molecular formula is C17H23N5O2. The number of H-pyrrole nitrogens is 1. The van der Waals surface area contributed by atoms with E-state index < -0.39 is 0 Å². The zero-order chi connectivity index (χ0) is 16.9. The van der Waals surface area contributed by atoms with E-state index in [1.165, 1.54) is 0 Å². The van der Waals surface area contributed by atoms with Crippen LogP contribution in [0.1, 0.15) is 42.9 Å². The van der Waals surface area contributed by atoms with Crippen molar-refractivity contribution in [2.45, 2.75) is 39.2 Å². The molecule has 1 aliphatic rings. The Balaban J connectivity index is 1.52. The third kappa shape index (κ3) is 4.10. The van der Waals surface area contributed by atoms with Crippen LogP contribution in [0.25, 0.3) is 0 Å². The molecule has 0 spiro atoms. The molecule has 2 aromatic heterocycles. The minimum atomic E-state index is -0.0179. The van der Waals surface area contributed by atoms with E-state index in [1.54, 1.807) is 18.5 Å². The number of rotatable bonds is 5. The Morgan fingerprint density at radius 3 is 2.71 bits per heavy atom. The van der Waals surface area contributed by atoms with Crippen molar-refractivity contribution in [2.75, 3.05) is 13.1 Å². The minimum absolute atomic E-state index is 0.0179. The van der Waals surface area contributed by atoms with E-state index in [9.17, 15) is 4.79 Å². The predicted octanol–water partition coefficient (Wildman–Crippen LogP) is 2.08. The first kappa shape index (κ1) is 16.4. The van der Waals surface area contributed by atoms with Gasteiger partial charge in [-0.15, -0.1) is 0 Å². The van der Waals surface area contributed by atoms with Crippen LogP contribution < -0.4 is 4.74 Å². The van der Waals surface area contributed by atoms with Gasteiger partial charge in [-0.25, -0.2) is 9.97 Å². The summed E-state index contributed by atoms with van der Waals surface area (Å²) in [6, 6.07) is 4.02. The van der Waals surface area contributed by atoms with Gasteiger partial charge in [-0.2, -0.15) is 5.10 Å². The average Bonchev–Trinajstić information content (AvgIpc) is 3.03. The van der Waals surface area contributed by atoms with E-state index in [1.807, 2.05) is 11.0 Å². The molecule has 3 rings (SSSR count). The van der Waals surface area contributed by atoms with Gasteiger partial charge in [0.1, 0.15) is 11.8 Å². The van der Waals surface area contributed by atoms with Gasteiger partial charge in [0.2, 0.25) is 0 Å². The Bertz CT molecular complexity index is 663. The molecule has 0 radical (unpaired) electrons. The van der Waals surface area contributed by atoms with Crippen LogP contribution in [0.5, 0.6) is 6.01 Å². The molecule has 0 saturated carbocycles. The molecule has 3 heterocycles. The zero-order valence-electron chi connectivity index (χ0n) is 14.1. The Labute approximate surface area is 141 Å². The summed E-state index contributed by atoms with van der Waals surface area (Å²) < 4.78 is 5.75. The van der Waals surface area contributed by atoms with Crippen molar-refractivity contribution in [2.24, 2.45) is 5.92 Å². The summed E-state index contributed by atoms with van der Waals surface area (Å²) >= 11 is 0. The monoisotopic (exact) mass is 329 g/mol. The fourth-order valence-corrected chi connectivity index (χ4v) is 2.85. The number of piperidine rings is 1. The van der Waals surface area contributed by atoms with Gasteiger partial charge in [-0.1, -0.05) is 13.8 Å². The van der Waals surface area contributed by atoms with E-state index in [-0.39, 0.29) is 12.0 Å². The number of likely N-dealkylation sites (tertiary alicyclic amines) is 1. The fourth-order valence-electron chi connectivity index (χ4n) is 2.85. The molecule has 0 unspecified atom stereocenters. The maximum atomic E-state index is 12.5. The molecule has 7 heteroatoms. The van der Waals surface area contributed by atoms with Gasteiger partial charge in [-0.05, 0) is 24.5 Å². The van der Waals surface area contributed by atoms with Crippen LogP contribution in [0.15, 0.2) is 24.5 Å². The summed E-state index contributed by atoms with van der Waals surface area (Å²) in [6.07, 6.45) is 5.81.